The van der Waals surface area contributed by atoms with Gasteiger partial charge in [-0.25, -0.2) is 9.37 Å². The van der Waals surface area contributed by atoms with Gasteiger partial charge in [0.25, 0.3) is 5.91 Å². The molecule has 0 atom stereocenters. The topological polar surface area (TPSA) is 86.5 Å². The Morgan fingerprint density at radius 2 is 2.08 bits per heavy atom. The van der Waals surface area contributed by atoms with Gasteiger partial charge in [-0.3, -0.25) is 9.89 Å². The Morgan fingerprint density at radius 1 is 1.23 bits per heavy atom. The SMILES string of the molecule is Cc1[nH]ncc1-c1ccc2cc(C(=O)NCc3ccccc3F)[nH]c2n1. The Balaban J connectivity index is 1.56. The van der Waals surface area contributed by atoms with Crippen LogP contribution in [-0.4, -0.2) is 26.1 Å². The van der Waals surface area contributed by atoms with Crippen molar-refractivity contribution in [1.29, 1.82) is 0 Å². The number of aromatic nitrogens is 4. The fourth-order valence-electron chi connectivity index (χ4n) is 2.80. The number of benzene rings is 1. The molecule has 6 nitrogen and oxygen atoms in total. The van der Waals surface area contributed by atoms with Crippen molar-refractivity contribution in [2.45, 2.75) is 13.5 Å². The van der Waals surface area contributed by atoms with Crippen LogP contribution in [-0.2, 0) is 6.54 Å². The molecule has 3 N–H and O–H groups in total. The van der Waals surface area contributed by atoms with Crippen LogP contribution in [0.4, 0.5) is 4.39 Å². The maximum absolute atomic E-state index is 13.6. The van der Waals surface area contributed by atoms with Crippen LogP contribution in [0.3, 0.4) is 0 Å². The molecular weight excluding hydrogens is 333 g/mol. The molecule has 0 saturated carbocycles. The first-order chi connectivity index (χ1) is 12.6. The van der Waals surface area contributed by atoms with Crippen molar-refractivity contribution in [3.05, 3.63) is 71.4 Å². The largest absolute Gasteiger partial charge is 0.347 e. The Bertz CT molecular complexity index is 1100. The van der Waals surface area contributed by atoms with Crippen LogP contribution >= 0.6 is 0 Å². The summed E-state index contributed by atoms with van der Waals surface area (Å²) in [6.07, 6.45) is 1.72. The number of aryl methyl sites for hydroxylation is 1. The lowest BCUT2D eigenvalue weighted by Crippen LogP contribution is -2.23. The van der Waals surface area contributed by atoms with Gasteiger partial charge in [0.1, 0.15) is 17.2 Å². The number of hydrogen-bond acceptors (Lipinski definition) is 3. The van der Waals surface area contributed by atoms with Crippen molar-refractivity contribution < 1.29 is 9.18 Å². The molecule has 0 saturated heterocycles. The smallest absolute Gasteiger partial charge is 0.268 e. The average molecular weight is 349 g/mol. The van der Waals surface area contributed by atoms with E-state index in [0.29, 0.717) is 16.9 Å². The van der Waals surface area contributed by atoms with Gasteiger partial charge >= 0.3 is 0 Å². The normalized spacial score (nSPS) is 11.0. The van der Waals surface area contributed by atoms with E-state index in [0.717, 1.165) is 22.3 Å². The number of pyridine rings is 1. The van der Waals surface area contributed by atoms with E-state index in [2.05, 4.69) is 25.5 Å². The number of halogens is 1. The third-order valence-corrected chi connectivity index (χ3v) is 4.23. The zero-order valence-electron chi connectivity index (χ0n) is 14.0. The lowest BCUT2D eigenvalue weighted by molar-refractivity contribution is 0.0946. The van der Waals surface area contributed by atoms with Gasteiger partial charge in [-0.15, -0.1) is 0 Å². The Morgan fingerprint density at radius 3 is 2.85 bits per heavy atom. The van der Waals surface area contributed by atoms with Gasteiger partial charge in [-0.1, -0.05) is 18.2 Å². The quantitative estimate of drug-likeness (QED) is 0.528. The number of nitrogens with zero attached hydrogens (tertiary/aromatic N) is 2. The van der Waals surface area contributed by atoms with Crippen LogP contribution in [0.2, 0.25) is 0 Å². The third-order valence-electron chi connectivity index (χ3n) is 4.23. The van der Waals surface area contributed by atoms with Crippen LogP contribution in [0, 0.1) is 12.7 Å². The molecule has 3 aromatic heterocycles. The van der Waals surface area contributed by atoms with Crippen molar-refractivity contribution in [3.63, 3.8) is 0 Å². The molecule has 0 aliphatic carbocycles. The number of H-pyrrole nitrogens is 2. The predicted molar refractivity (Wildman–Crippen MR) is 96.0 cm³/mol. The van der Waals surface area contributed by atoms with Crippen LogP contribution in [0.15, 0.2) is 48.7 Å². The number of aromatic amines is 2. The van der Waals surface area contributed by atoms with Crippen molar-refractivity contribution in [2.24, 2.45) is 0 Å². The first-order valence-corrected chi connectivity index (χ1v) is 8.13. The zero-order chi connectivity index (χ0) is 18.1. The van der Waals surface area contributed by atoms with E-state index < -0.39 is 0 Å². The fourth-order valence-corrected chi connectivity index (χ4v) is 2.80. The van der Waals surface area contributed by atoms with E-state index in [-0.39, 0.29) is 18.3 Å². The molecule has 0 aliphatic rings. The summed E-state index contributed by atoms with van der Waals surface area (Å²) in [6, 6.07) is 11.9. The van der Waals surface area contributed by atoms with Gasteiger partial charge in [-0.2, -0.15) is 5.10 Å². The Labute approximate surface area is 148 Å². The van der Waals surface area contributed by atoms with Gasteiger partial charge in [-0.05, 0) is 31.2 Å². The molecule has 0 fully saturated rings. The minimum Gasteiger partial charge on any atom is -0.347 e. The summed E-state index contributed by atoms with van der Waals surface area (Å²) in [6.45, 7) is 2.04. The van der Waals surface area contributed by atoms with E-state index >= 15 is 0 Å². The van der Waals surface area contributed by atoms with E-state index in [1.807, 2.05) is 19.1 Å². The monoisotopic (exact) mass is 349 g/mol. The summed E-state index contributed by atoms with van der Waals surface area (Å²) < 4.78 is 13.6. The van der Waals surface area contributed by atoms with Gasteiger partial charge in [0.2, 0.25) is 0 Å². The minimum atomic E-state index is -0.341. The zero-order valence-corrected chi connectivity index (χ0v) is 14.0. The standard InChI is InChI=1S/C19H16FN5O/c1-11-14(10-22-25-11)16-7-6-12-8-17(24-18(12)23-16)19(26)21-9-13-4-2-3-5-15(13)20/h2-8,10H,9H2,1H3,(H,21,26)(H,22,25)(H,23,24). The van der Waals surface area contributed by atoms with Gasteiger partial charge in [0, 0.05) is 28.8 Å². The van der Waals surface area contributed by atoms with E-state index in [1.54, 1.807) is 30.5 Å². The molecule has 130 valence electrons. The summed E-state index contributed by atoms with van der Waals surface area (Å²) in [4.78, 5) is 19.9. The molecule has 7 heteroatoms. The molecule has 1 amide bonds. The number of nitrogens with one attached hydrogen (secondary N) is 3. The first kappa shape index (κ1) is 16.0. The second-order valence-corrected chi connectivity index (χ2v) is 6.00. The summed E-state index contributed by atoms with van der Waals surface area (Å²) in [5, 5.41) is 10.4. The molecule has 26 heavy (non-hydrogen) atoms. The van der Waals surface area contributed by atoms with Crippen LogP contribution in [0.25, 0.3) is 22.3 Å². The number of hydrogen-bond donors (Lipinski definition) is 3. The fraction of sp³-hybridized carbons (Fsp3) is 0.105. The van der Waals surface area contributed by atoms with Crippen molar-refractivity contribution in [1.82, 2.24) is 25.5 Å². The molecule has 0 spiro atoms. The summed E-state index contributed by atoms with van der Waals surface area (Å²) in [7, 11) is 0. The maximum Gasteiger partial charge on any atom is 0.268 e. The van der Waals surface area contributed by atoms with Crippen LogP contribution in [0.5, 0.6) is 0 Å². The first-order valence-electron chi connectivity index (χ1n) is 8.13. The highest BCUT2D eigenvalue weighted by Gasteiger charge is 2.13. The second-order valence-electron chi connectivity index (χ2n) is 6.00. The number of rotatable bonds is 4. The average Bonchev–Trinajstić information content (AvgIpc) is 3.26. The molecule has 4 rings (SSSR count). The van der Waals surface area contributed by atoms with Crippen LogP contribution in [0.1, 0.15) is 21.7 Å². The predicted octanol–water partition coefficient (Wildman–Crippen LogP) is 3.33. The van der Waals surface area contributed by atoms with Gasteiger partial charge in [0.15, 0.2) is 0 Å². The molecule has 4 aromatic rings. The molecular formula is C19H16FN5O. The molecule has 3 heterocycles. The van der Waals surface area contributed by atoms with Crippen molar-refractivity contribution in [2.75, 3.05) is 0 Å². The molecule has 0 radical (unpaired) electrons. The summed E-state index contributed by atoms with van der Waals surface area (Å²) in [5.74, 6) is -0.654. The molecule has 1 aromatic carbocycles. The number of fused-ring (bicyclic) bond motifs is 1. The number of amides is 1. The highest BCUT2D eigenvalue weighted by atomic mass is 19.1. The Hall–Kier alpha value is -3.48. The Kier molecular flexibility index (Phi) is 3.96. The van der Waals surface area contributed by atoms with E-state index in [1.165, 1.54) is 6.07 Å². The maximum atomic E-state index is 13.6. The lowest BCUT2D eigenvalue weighted by atomic mass is 10.1. The second kappa shape index (κ2) is 6.44. The third kappa shape index (κ3) is 2.95. The van der Waals surface area contributed by atoms with E-state index in [9.17, 15) is 9.18 Å². The van der Waals surface area contributed by atoms with Crippen molar-refractivity contribution >= 4 is 16.9 Å². The molecule has 0 bridgehead atoms. The number of carbonyl (C=O) groups is 1. The molecule has 0 unspecified atom stereocenters. The van der Waals surface area contributed by atoms with Gasteiger partial charge in [0.05, 0.1) is 11.9 Å². The van der Waals surface area contributed by atoms with Gasteiger partial charge < -0.3 is 10.3 Å². The lowest BCUT2D eigenvalue weighted by Gasteiger charge is -2.04. The van der Waals surface area contributed by atoms with E-state index in [4.69, 9.17) is 0 Å². The van der Waals surface area contributed by atoms with Crippen molar-refractivity contribution in [3.8, 4) is 11.3 Å². The summed E-state index contributed by atoms with van der Waals surface area (Å²) >= 11 is 0. The minimum absolute atomic E-state index is 0.119. The number of carbonyl (C=O) groups excluding carboxylic acids is 1. The highest BCUT2D eigenvalue weighted by Crippen LogP contribution is 2.23. The highest BCUT2D eigenvalue weighted by molar-refractivity contribution is 5.97. The summed E-state index contributed by atoms with van der Waals surface area (Å²) in [5.41, 5.74) is 4.03. The molecule has 0 aliphatic heterocycles. The van der Waals surface area contributed by atoms with Crippen LogP contribution < -0.4 is 5.32 Å².